The van der Waals surface area contributed by atoms with Gasteiger partial charge in [0.1, 0.15) is 5.82 Å². The van der Waals surface area contributed by atoms with Gasteiger partial charge in [-0.15, -0.1) is 33.2 Å². The molecule has 1 aromatic rings. The van der Waals surface area contributed by atoms with E-state index in [1.165, 1.54) is 18.2 Å². The maximum Gasteiger partial charge on any atom is 0.341 e. The topological polar surface area (TPSA) is 26.3 Å². The molecule has 0 N–H and O–H groups in total. The number of carbonyl (C=O) groups is 1. The van der Waals surface area contributed by atoms with Crippen LogP contribution in [0.1, 0.15) is 44.1 Å². The molecular weight excluding hydrogens is 390 g/mol. The number of esters is 1. The third-order valence-electron chi connectivity index (χ3n) is 3.38. The fraction of sp³-hybridized carbons (Fsp3) is 0.471. The molecule has 0 radical (unpaired) electrons. The van der Waals surface area contributed by atoms with E-state index in [4.69, 9.17) is 38.0 Å². The van der Waals surface area contributed by atoms with E-state index in [2.05, 4.69) is 0 Å². The van der Waals surface area contributed by atoms with E-state index in [1.54, 1.807) is 18.2 Å². The Balaban J connectivity index is 2.01. The van der Waals surface area contributed by atoms with Crippen LogP contribution >= 0.6 is 33.2 Å². The highest BCUT2D eigenvalue weighted by atomic mass is 35.8. The summed E-state index contributed by atoms with van der Waals surface area (Å²) in [6.07, 6.45) is 9.05. The van der Waals surface area contributed by atoms with Crippen molar-refractivity contribution in [3.05, 3.63) is 41.7 Å². The molecule has 7 heteroatoms. The van der Waals surface area contributed by atoms with Gasteiger partial charge in [0.05, 0.1) is 6.61 Å². The lowest BCUT2D eigenvalue weighted by atomic mass is 10.1. The van der Waals surface area contributed by atoms with Crippen molar-refractivity contribution in [1.29, 1.82) is 0 Å². The largest absolute Gasteiger partial charge is 0.463 e. The van der Waals surface area contributed by atoms with Crippen LogP contribution in [0.2, 0.25) is 6.04 Å². The molecule has 0 unspecified atom stereocenters. The molecule has 0 bridgehead atoms. The van der Waals surface area contributed by atoms with Gasteiger partial charge < -0.3 is 4.74 Å². The molecule has 2 nitrogen and oxygen atoms in total. The molecule has 0 spiro atoms. The number of carbonyl (C=O) groups excluding carboxylic acids is 1. The Morgan fingerprint density at radius 3 is 2.21 bits per heavy atom. The number of hydrogen-bond acceptors (Lipinski definition) is 2. The molecule has 134 valence electrons. The van der Waals surface area contributed by atoms with Gasteiger partial charge in [0, 0.05) is 6.08 Å². The zero-order valence-corrected chi connectivity index (χ0v) is 16.7. The molecule has 0 aliphatic rings. The minimum Gasteiger partial charge on any atom is -0.463 e. The molecule has 0 saturated heterocycles. The zero-order valence-electron chi connectivity index (χ0n) is 13.4. The molecule has 0 aliphatic carbocycles. The smallest absolute Gasteiger partial charge is 0.341 e. The fourth-order valence-electron chi connectivity index (χ4n) is 2.09. The highest BCUT2D eigenvalue weighted by Gasteiger charge is 2.23. The molecule has 1 aromatic carbocycles. The Morgan fingerprint density at radius 1 is 1.00 bits per heavy atom. The summed E-state index contributed by atoms with van der Waals surface area (Å²) >= 11 is 17.4. The molecule has 0 heterocycles. The monoisotopic (exact) mass is 410 g/mol. The number of unbranched alkanes of at least 4 members (excludes halogenated alkanes) is 5. The Labute approximate surface area is 158 Å². The summed E-state index contributed by atoms with van der Waals surface area (Å²) in [6.45, 7) is 0.410. The minimum atomic E-state index is -2.45. The highest BCUT2D eigenvalue weighted by Crippen LogP contribution is 2.27. The Hall–Kier alpha value is -0.553. The molecule has 0 saturated carbocycles. The summed E-state index contributed by atoms with van der Waals surface area (Å²) in [5.41, 5.74) is 0.756. The molecular formula is C17H22Cl3FO2Si. The van der Waals surface area contributed by atoms with Gasteiger partial charge in [0.25, 0.3) is 0 Å². The van der Waals surface area contributed by atoms with E-state index < -0.39 is 6.00 Å². The first-order valence-corrected chi connectivity index (χ1v) is 13.3. The van der Waals surface area contributed by atoms with Gasteiger partial charge in [0.15, 0.2) is 0 Å². The van der Waals surface area contributed by atoms with Gasteiger partial charge in [-0.3, -0.25) is 0 Å². The number of ether oxygens (including phenoxy) is 1. The third-order valence-corrected chi connectivity index (χ3v) is 6.00. The second kappa shape index (κ2) is 11.9. The van der Waals surface area contributed by atoms with E-state index in [-0.39, 0.29) is 11.8 Å². The van der Waals surface area contributed by atoms with Crippen molar-refractivity contribution in [1.82, 2.24) is 0 Å². The van der Waals surface area contributed by atoms with Gasteiger partial charge in [-0.25, -0.2) is 9.18 Å². The van der Waals surface area contributed by atoms with Crippen LogP contribution in [-0.4, -0.2) is 18.6 Å². The van der Waals surface area contributed by atoms with Crippen molar-refractivity contribution in [2.24, 2.45) is 0 Å². The fourth-order valence-corrected chi connectivity index (χ4v) is 3.95. The molecule has 0 amide bonds. The Bertz CT molecular complexity index is 516. The van der Waals surface area contributed by atoms with Crippen LogP contribution < -0.4 is 0 Å². The first-order valence-electron chi connectivity index (χ1n) is 8.04. The molecule has 24 heavy (non-hydrogen) atoms. The minimum absolute atomic E-state index is 0.302. The second-order valence-electron chi connectivity index (χ2n) is 5.54. The highest BCUT2D eigenvalue weighted by molar-refractivity contribution is 7.64. The van der Waals surface area contributed by atoms with Crippen LogP contribution in [0.25, 0.3) is 6.08 Å². The van der Waals surface area contributed by atoms with Crippen LogP contribution in [0, 0.1) is 5.82 Å². The van der Waals surface area contributed by atoms with Crippen LogP contribution in [-0.2, 0) is 9.53 Å². The summed E-state index contributed by atoms with van der Waals surface area (Å²) in [5.74, 6) is -0.684. The van der Waals surface area contributed by atoms with Crippen molar-refractivity contribution < 1.29 is 13.9 Å². The summed E-state index contributed by atoms with van der Waals surface area (Å²) in [5, 5.41) is 0. The average molecular weight is 412 g/mol. The quantitative estimate of drug-likeness (QED) is 0.139. The number of hydrogen-bond donors (Lipinski definition) is 0. The number of halogens is 4. The summed E-state index contributed by atoms with van der Waals surface area (Å²) in [7, 11) is 0. The van der Waals surface area contributed by atoms with E-state index in [0.29, 0.717) is 6.61 Å². The number of rotatable bonds is 11. The second-order valence-corrected chi connectivity index (χ2v) is 14.8. The lowest BCUT2D eigenvalue weighted by molar-refractivity contribution is -0.137. The lowest BCUT2D eigenvalue weighted by Crippen LogP contribution is -2.07. The van der Waals surface area contributed by atoms with Gasteiger partial charge >= 0.3 is 12.0 Å². The maximum atomic E-state index is 12.7. The van der Waals surface area contributed by atoms with Gasteiger partial charge in [-0.05, 0) is 36.2 Å². The maximum absolute atomic E-state index is 12.7. The van der Waals surface area contributed by atoms with Crippen molar-refractivity contribution >= 4 is 51.3 Å². The van der Waals surface area contributed by atoms with Crippen LogP contribution in [0.5, 0.6) is 0 Å². The molecule has 0 aliphatic heterocycles. The molecule has 1 rings (SSSR count). The van der Waals surface area contributed by atoms with E-state index >= 15 is 0 Å². The Kier molecular flexibility index (Phi) is 10.7. The first kappa shape index (κ1) is 21.5. The van der Waals surface area contributed by atoms with Crippen molar-refractivity contribution in [2.75, 3.05) is 6.61 Å². The van der Waals surface area contributed by atoms with Crippen molar-refractivity contribution in [2.45, 2.75) is 44.6 Å². The van der Waals surface area contributed by atoms with Gasteiger partial charge in [0.2, 0.25) is 0 Å². The molecule has 0 atom stereocenters. The van der Waals surface area contributed by atoms with Gasteiger partial charge in [-0.2, -0.15) is 0 Å². The van der Waals surface area contributed by atoms with Crippen LogP contribution in [0.4, 0.5) is 4.39 Å². The predicted molar refractivity (Wildman–Crippen MR) is 102 cm³/mol. The number of benzene rings is 1. The Morgan fingerprint density at radius 2 is 1.58 bits per heavy atom. The SMILES string of the molecule is O=C(/C=C/c1ccc(F)cc1)OCCCCCCCC[Si](Cl)(Cl)Cl. The van der Waals surface area contributed by atoms with Crippen molar-refractivity contribution in [3.8, 4) is 0 Å². The zero-order chi connectivity index (χ0) is 17.8. The summed E-state index contributed by atoms with van der Waals surface area (Å²) in [6, 6.07) is 4.16. The van der Waals surface area contributed by atoms with Crippen LogP contribution in [0.3, 0.4) is 0 Å². The van der Waals surface area contributed by atoms with E-state index in [1.807, 2.05) is 0 Å². The standard InChI is InChI=1S/C17H22Cl3FO2Si/c18-24(19,20)14-6-4-2-1-3-5-13-23-17(22)12-9-15-7-10-16(21)11-8-15/h7-12H,1-6,13-14H2/b12-9+. The van der Waals surface area contributed by atoms with E-state index in [9.17, 15) is 9.18 Å². The molecule has 0 aromatic heterocycles. The van der Waals surface area contributed by atoms with E-state index in [0.717, 1.165) is 50.1 Å². The van der Waals surface area contributed by atoms with Crippen LogP contribution in [0.15, 0.2) is 30.3 Å². The lowest BCUT2D eigenvalue weighted by Gasteiger charge is -2.06. The normalized spacial score (nSPS) is 11.8. The third kappa shape index (κ3) is 11.9. The summed E-state index contributed by atoms with van der Waals surface area (Å²) in [4.78, 5) is 11.5. The summed E-state index contributed by atoms with van der Waals surface area (Å²) < 4.78 is 17.9. The molecule has 0 fully saturated rings. The average Bonchev–Trinajstić information content (AvgIpc) is 2.51. The van der Waals surface area contributed by atoms with Gasteiger partial charge in [-0.1, -0.05) is 44.2 Å². The first-order chi connectivity index (χ1) is 11.4. The van der Waals surface area contributed by atoms with Crippen molar-refractivity contribution in [3.63, 3.8) is 0 Å². The predicted octanol–water partition coefficient (Wildman–Crippen LogP) is 6.38.